The summed E-state index contributed by atoms with van der Waals surface area (Å²) in [7, 11) is 3.03. The van der Waals surface area contributed by atoms with Crippen LogP contribution in [0.1, 0.15) is 10.4 Å². The molecule has 8 heteroatoms. The molecule has 0 aliphatic carbocycles. The van der Waals surface area contributed by atoms with Crippen LogP contribution in [0, 0.1) is 0 Å². The summed E-state index contributed by atoms with van der Waals surface area (Å²) in [6.07, 6.45) is 2.75. The number of carbonyl (C=O) groups excluding carboxylic acids is 1. The average Bonchev–Trinajstić information content (AvgIpc) is 2.97. The Morgan fingerprint density at radius 1 is 1.36 bits per heavy atom. The summed E-state index contributed by atoms with van der Waals surface area (Å²) in [5.41, 5.74) is 0.334. The first-order valence-corrected chi connectivity index (χ1v) is 8.81. The van der Waals surface area contributed by atoms with Gasteiger partial charge in [0.05, 0.1) is 17.4 Å². The Hall–Kier alpha value is -1.93. The predicted octanol–water partition coefficient (Wildman–Crippen LogP) is 4.79. The van der Waals surface area contributed by atoms with E-state index in [1.807, 2.05) is 12.1 Å². The summed E-state index contributed by atoms with van der Waals surface area (Å²) >= 11 is 4.92. The fraction of sp³-hybridized carbons (Fsp3) is 0.235. The highest BCUT2D eigenvalue weighted by atomic mass is 79.9. The number of para-hydroxylation sites is 1. The predicted molar refractivity (Wildman–Crippen MR) is 97.2 cm³/mol. The van der Waals surface area contributed by atoms with Crippen molar-refractivity contribution < 1.29 is 23.0 Å². The lowest BCUT2D eigenvalue weighted by Crippen LogP contribution is -2.23. The molecule has 0 atom stereocenters. The molecule has 1 amide bonds. The number of nitrogens with zero attached hydrogens (tertiary/aromatic N) is 1. The zero-order chi connectivity index (χ0) is 18.4. The molecular weight excluding hydrogens is 416 g/mol. The zero-order valence-corrected chi connectivity index (χ0v) is 15.9. The first-order valence-electron chi connectivity index (χ1n) is 7.20. The average molecular weight is 432 g/mol. The number of likely N-dealkylation sites (N-methyl/N-ethyl adjacent to an activating group) is 1. The van der Waals surface area contributed by atoms with Gasteiger partial charge in [0.2, 0.25) is 5.91 Å². The first kappa shape index (κ1) is 19.4. The van der Waals surface area contributed by atoms with Crippen molar-refractivity contribution in [1.82, 2.24) is 4.90 Å². The molecule has 25 heavy (non-hydrogen) atoms. The Bertz CT molecular complexity index is 764. The molecule has 0 N–H and O–H groups in total. The van der Waals surface area contributed by atoms with Gasteiger partial charge in [-0.25, -0.2) is 0 Å². The monoisotopic (exact) mass is 431 g/mol. The normalized spacial score (nSPS) is 11.1. The van der Waals surface area contributed by atoms with Gasteiger partial charge in [-0.05, 0) is 40.2 Å². The van der Waals surface area contributed by atoms with Crippen LogP contribution in [-0.2, 0) is 11.3 Å². The van der Waals surface area contributed by atoms with E-state index in [1.54, 1.807) is 30.5 Å². The third kappa shape index (κ3) is 5.54. The van der Waals surface area contributed by atoms with Crippen molar-refractivity contribution in [2.24, 2.45) is 0 Å². The topological polar surface area (TPSA) is 38.8 Å². The lowest BCUT2D eigenvalue weighted by molar-refractivity contribution is -0.125. The van der Waals surface area contributed by atoms with Crippen LogP contribution in [0.3, 0.4) is 0 Å². The van der Waals surface area contributed by atoms with Crippen LogP contribution in [0.15, 0.2) is 40.2 Å². The molecule has 0 fully saturated rings. The number of hydrogen-bond acceptors (Lipinski definition) is 4. The minimum absolute atomic E-state index is 0.103. The van der Waals surface area contributed by atoms with Gasteiger partial charge in [-0.3, -0.25) is 4.79 Å². The standard InChI is InChI=1S/C17H16BrF2NO3S/c1-21(10-12-7-8-14(18)25-12)15(22)9-6-11-4-3-5-13(23-2)16(11)24-17(19)20/h3-9,17H,10H2,1-2H3/b9-6-. The van der Waals surface area contributed by atoms with Crippen molar-refractivity contribution in [2.75, 3.05) is 14.2 Å². The number of benzene rings is 1. The van der Waals surface area contributed by atoms with Crippen LogP contribution in [0.5, 0.6) is 11.5 Å². The molecule has 4 nitrogen and oxygen atoms in total. The fourth-order valence-corrected chi connectivity index (χ4v) is 3.61. The Morgan fingerprint density at radius 2 is 2.12 bits per heavy atom. The van der Waals surface area contributed by atoms with Gasteiger partial charge in [-0.2, -0.15) is 8.78 Å². The lowest BCUT2D eigenvalue weighted by atomic mass is 10.1. The van der Waals surface area contributed by atoms with Crippen LogP contribution in [0.25, 0.3) is 6.08 Å². The largest absolute Gasteiger partial charge is 0.493 e. The van der Waals surface area contributed by atoms with Crippen molar-refractivity contribution in [2.45, 2.75) is 13.2 Å². The van der Waals surface area contributed by atoms with E-state index in [1.165, 1.54) is 30.2 Å². The molecule has 0 saturated carbocycles. The Balaban J connectivity index is 2.13. The first-order chi connectivity index (χ1) is 11.9. The van der Waals surface area contributed by atoms with Crippen molar-refractivity contribution in [3.8, 4) is 11.5 Å². The maximum absolute atomic E-state index is 12.6. The molecule has 1 heterocycles. The fourth-order valence-electron chi connectivity index (χ4n) is 2.08. The molecule has 0 bridgehead atoms. The third-order valence-electron chi connectivity index (χ3n) is 3.24. The van der Waals surface area contributed by atoms with E-state index in [0.717, 1.165) is 8.66 Å². The molecule has 0 spiro atoms. The summed E-state index contributed by atoms with van der Waals surface area (Å²) in [6.45, 7) is -2.53. The molecule has 2 aromatic rings. The maximum atomic E-state index is 12.6. The zero-order valence-electron chi connectivity index (χ0n) is 13.5. The molecule has 0 saturated heterocycles. The minimum atomic E-state index is -2.99. The summed E-state index contributed by atoms with van der Waals surface area (Å²) < 4.78 is 35.8. The molecular formula is C17H16BrF2NO3S. The van der Waals surface area contributed by atoms with Crippen LogP contribution in [0.4, 0.5) is 8.78 Å². The molecule has 2 rings (SSSR count). The van der Waals surface area contributed by atoms with E-state index in [0.29, 0.717) is 12.1 Å². The second kappa shape index (κ2) is 8.96. The minimum Gasteiger partial charge on any atom is -0.493 e. The number of methoxy groups -OCH3 is 1. The van der Waals surface area contributed by atoms with E-state index >= 15 is 0 Å². The van der Waals surface area contributed by atoms with Gasteiger partial charge in [0, 0.05) is 23.6 Å². The third-order valence-corrected chi connectivity index (χ3v) is 4.85. The number of rotatable bonds is 7. The summed E-state index contributed by atoms with van der Waals surface area (Å²) in [4.78, 5) is 14.8. The van der Waals surface area contributed by atoms with E-state index in [-0.39, 0.29) is 17.4 Å². The maximum Gasteiger partial charge on any atom is 0.387 e. The van der Waals surface area contributed by atoms with Gasteiger partial charge in [0.15, 0.2) is 11.5 Å². The number of carbonyl (C=O) groups is 1. The highest BCUT2D eigenvalue weighted by Gasteiger charge is 2.14. The van der Waals surface area contributed by atoms with Crippen LogP contribution in [0.2, 0.25) is 0 Å². The summed E-state index contributed by atoms with van der Waals surface area (Å²) in [6, 6.07) is 8.56. The molecule has 1 aromatic heterocycles. The van der Waals surface area contributed by atoms with Gasteiger partial charge < -0.3 is 14.4 Å². The van der Waals surface area contributed by atoms with Crippen LogP contribution < -0.4 is 9.47 Å². The van der Waals surface area contributed by atoms with Crippen LogP contribution >= 0.6 is 27.3 Å². The van der Waals surface area contributed by atoms with Gasteiger partial charge in [-0.1, -0.05) is 12.1 Å². The molecule has 0 aliphatic rings. The van der Waals surface area contributed by atoms with Crippen LogP contribution in [-0.4, -0.2) is 31.6 Å². The van der Waals surface area contributed by atoms with E-state index in [4.69, 9.17) is 4.74 Å². The van der Waals surface area contributed by atoms with E-state index < -0.39 is 6.61 Å². The number of ether oxygens (including phenoxy) is 2. The molecule has 0 aliphatic heterocycles. The Kier molecular flexibility index (Phi) is 6.95. The molecule has 0 radical (unpaired) electrons. The van der Waals surface area contributed by atoms with Crippen molar-refractivity contribution >= 4 is 39.2 Å². The highest BCUT2D eigenvalue weighted by Crippen LogP contribution is 2.33. The second-order valence-corrected chi connectivity index (χ2v) is 7.54. The second-order valence-electron chi connectivity index (χ2n) is 4.99. The van der Waals surface area contributed by atoms with Crippen molar-refractivity contribution in [1.29, 1.82) is 0 Å². The van der Waals surface area contributed by atoms with Gasteiger partial charge in [0.1, 0.15) is 0 Å². The molecule has 134 valence electrons. The van der Waals surface area contributed by atoms with E-state index in [2.05, 4.69) is 20.7 Å². The lowest BCUT2D eigenvalue weighted by Gasteiger charge is -2.14. The summed E-state index contributed by atoms with van der Waals surface area (Å²) in [5.74, 6) is -0.184. The van der Waals surface area contributed by atoms with E-state index in [9.17, 15) is 13.6 Å². The smallest absolute Gasteiger partial charge is 0.387 e. The number of halogens is 3. The molecule has 1 aromatic carbocycles. The summed E-state index contributed by atoms with van der Waals surface area (Å²) in [5, 5.41) is 0. The highest BCUT2D eigenvalue weighted by molar-refractivity contribution is 9.11. The SMILES string of the molecule is COc1cccc(/C=C\C(=O)N(C)Cc2ccc(Br)s2)c1OC(F)F. The van der Waals surface area contributed by atoms with Crippen molar-refractivity contribution in [3.63, 3.8) is 0 Å². The van der Waals surface area contributed by atoms with Gasteiger partial charge in [0.25, 0.3) is 0 Å². The number of alkyl halides is 2. The van der Waals surface area contributed by atoms with Gasteiger partial charge in [-0.15, -0.1) is 11.3 Å². The number of amides is 1. The van der Waals surface area contributed by atoms with Gasteiger partial charge >= 0.3 is 6.61 Å². The van der Waals surface area contributed by atoms with Crippen molar-refractivity contribution in [3.05, 3.63) is 50.6 Å². The number of thiophene rings is 1. The number of hydrogen-bond donors (Lipinski definition) is 0. The Labute approximate surface area is 156 Å². The molecule has 0 unspecified atom stereocenters. The quantitative estimate of drug-likeness (QED) is 0.591. The Morgan fingerprint density at radius 3 is 2.72 bits per heavy atom.